The van der Waals surface area contributed by atoms with Crippen molar-refractivity contribution in [2.24, 2.45) is 0 Å². The molecule has 1 heterocycles. The van der Waals surface area contributed by atoms with Crippen molar-refractivity contribution in [1.29, 1.82) is 0 Å². The molecule has 0 bridgehead atoms. The number of hydrogen-bond donors (Lipinski definition) is 0. The molecular formula is C14H16IN5O3. The largest absolute Gasteiger partial charge is 0.423 e. The molecule has 23 heavy (non-hydrogen) atoms. The molecule has 0 saturated carbocycles. The van der Waals surface area contributed by atoms with E-state index in [1.165, 1.54) is 12.1 Å². The molecule has 1 aromatic heterocycles. The van der Waals surface area contributed by atoms with Gasteiger partial charge in [-0.2, -0.15) is 15.0 Å². The summed E-state index contributed by atoms with van der Waals surface area (Å²) in [4.78, 5) is 25.1. The van der Waals surface area contributed by atoms with Gasteiger partial charge in [-0.15, -0.1) is 0 Å². The van der Waals surface area contributed by atoms with Crippen molar-refractivity contribution in [3.05, 3.63) is 37.7 Å². The molecule has 0 amide bonds. The molecular weight excluding hydrogens is 413 g/mol. The second-order valence-corrected chi connectivity index (χ2v) is 6.46. The van der Waals surface area contributed by atoms with Crippen LogP contribution in [0.3, 0.4) is 0 Å². The summed E-state index contributed by atoms with van der Waals surface area (Å²) in [6, 6.07) is 4.51. The summed E-state index contributed by atoms with van der Waals surface area (Å²) in [7, 11) is 3.64. The minimum absolute atomic E-state index is 0.0496. The van der Waals surface area contributed by atoms with Crippen molar-refractivity contribution < 1.29 is 9.66 Å². The Balaban J connectivity index is 2.43. The van der Waals surface area contributed by atoms with Gasteiger partial charge in [-0.1, -0.05) is 13.8 Å². The summed E-state index contributed by atoms with van der Waals surface area (Å²) in [6.07, 6.45) is 0. The van der Waals surface area contributed by atoms with Gasteiger partial charge in [0.1, 0.15) is 5.82 Å². The van der Waals surface area contributed by atoms with Crippen LogP contribution in [0.2, 0.25) is 0 Å². The molecule has 2 rings (SSSR count). The Kier molecular flexibility index (Phi) is 5.29. The van der Waals surface area contributed by atoms with E-state index in [0.717, 1.165) is 3.57 Å². The van der Waals surface area contributed by atoms with Crippen LogP contribution in [0, 0.1) is 13.7 Å². The van der Waals surface area contributed by atoms with Crippen LogP contribution in [0.1, 0.15) is 25.6 Å². The molecule has 9 heteroatoms. The van der Waals surface area contributed by atoms with Crippen molar-refractivity contribution in [3.8, 4) is 11.8 Å². The summed E-state index contributed by atoms with van der Waals surface area (Å²) in [5.41, 5.74) is -0.0496. The van der Waals surface area contributed by atoms with E-state index in [1.54, 1.807) is 11.0 Å². The molecule has 0 atom stereocenters. The molecule has 0 unspecified atom stereocenters. The van der Waals surface area contributed by atoms with E-state index in [4.69, 9.17) is 4.74 Å². The van der Waals surface area contributed by atoms with E-state index in [9.17, 15) is 10.1 Å². The first kappa shape index (κ1) is 17.3. The monoisotopic (exact) mass is 429 g/mol. The molecule has 122 valence electrons. The third kappa shape index (κ3) is 4.24. The molecule has 0 saturated heterocycles. The number of halogens is 1. The zero-order valence-corrected chi connectivity index (χ0v) is 15.3. The summed E-state index contributed by atoms with van der Waals surface area (Å²) in [5.74, 6) is 1.51. The van der Waals surface area contributed by atoms with Gasteiger partial charge in [-0.05, 0) is 28.7 Å². The number of nitro groups is 1. The summed E-state index contributed by atoms with van der Waals surface area (Å²) in [6.45, 7) is 3.94. The summed E-state index contributed by atoms with van der Waals surface area (Å²) < 4.78 is 6.41. The maximum Gasteiger partial charge on any atom is 0.327 e. The van der Waals surface area contributed by atoms with Gasteiger partial charge in [0.05, 0.1) is 14.6 Å². The Morgan fingerprint density at radius 1 is 1.26 bits per heavy atom. The standard InChI is InChI=1S/C14H16IN5O3/c1-8(2)12-16-13(19(3)4)18-14(17-12)23-11-7-9(20(21)22)5-6-10(11)15/h5-8H,1-4H3. The normalized spacial score (nSPS) is 10.7. The minimum Gasteiger partial charge on any atom is -0.423 e. The lowest BCUT2D eigenvalue weighted by atomic mass is 10.2. The highest BCUT2D eigenvalue weighted by Crippen LogP contribution is 2.29. The molecule has 0 aliphatic heterocycles. The van der Waals surface area contributed by atoms with Crippen LogP contribution >= 0.6 is 22.6 Å². The summed E-state index contributed by atoms with van der Waals surface area (Å²) >= 11 is 2.04. The third-order valence-corrected chi connectivity index (χ3v) is 3.75. The van der Waals surface area contributed by atoms with Gasteiger partial charge < -0.3 is 9.64 Å². The predicted octanol–water partition coefficient (Wildman–Crippen LogP) is 3.37. The molecule has 0 N–H and O–H groups in total. The van der Waals surface area contributed by atoms with Gasteiger partial charge in [0.2, 0.25) is 5.95 Å². The average molecular weight is 429 g/mol. The van der Waals surface area contributed by atoms with Gasteiger partial charge in [0.15, 0.2) is 5.75 Å². The lowest BCUT2D eigenvalue weighted by Crippen LogP contribution is -2.15. The first-order chi connectivity index (χ1) is 10.8. The maximum absolute atomic E-state index is 10.9. The zero-order valence-electron chi connectivity index (χ0n) is 13.1. The van der Waals surface area contributed by atoms with Gasteiger partial charge in [0, 0.05) is 26.1 Å². The first-order valence-electron chi connectivity index (χ1n) is 6.83. The molecule has 0 fully saturated rings. The average Bonchev–Trinajstić information content (AvgIpc) is 2.48. The van der Waals surface area contributed by atoms with Crippen molar-refractivity contribution in [2.45, 2.75) is 19.8 Å². The Bertz CT molecular complexity index is 710. The smallest absolute Gasteiger partial charge is 0.327 e. The topological polar surface area (TPSA) is 94.3 Å². The maximum atomic E-state index is 10.9. The van der Waals surface area contributed by atoms with E-state index in [1.807, 2.05) is 50.5 Å². The summed E-state index contributed by atoms with van der Waals surface area (Å²) in [5, 5.41) is 10.9. The quantitative estimate of drug-likeness (QED) is 0.409. The highest BCUT2D eigenvalue weighted by Gasteiger charge is 2.16. The predicted molar refractivity (Wildman–Crippen MR) is 94.1 cm³/mol. The van der Waals surface area contributed by atoms with E-state index in [2.05, 4.69) is 15.0 Å². The van der Waals surface area contributed by atoms with Crippen molar-refractivity contribution in [1.82, 2.24) is 15.0 Å². The SMILES string of the molecule is CC(C)c1nc(Oc2cc([N+](=O)[O-])ccc2I)nc(N(C)C)n1. The van der Waals surface area contributed by atoms with Crippen molar-refractivity contribution in [3.63, 3.8) is 0 Å². The van der Waals surface area contributed by atoms with E-state index < -0.39 is 4.92 Å². The van der Waals surface area contributed by atoms with Gasteiger partial charge in [-0.25, -0.2) is 0 Å². The van der Waals surface area contributed by atoms with Gasteiger partial charge in [-0.3, -0.25) is 10.1 Å². The second kappa shape index (κ2) is 7.02. The number of hydrogen-bond acceptors (Lipinski definition) is 7. The van der Waals surface area contributed by atoms with Crippen molar-refractivity contribution >= 4 is 34.2 Å². The Morgan fingerprint density at radius 2 is 1.96 bits per heavy atom. The lowest BCUT2D eigenvalue weighted by molar-refractivity contribution is -0.384. The van der Waals surface area contributed by atoms with E-state index in [0.29, 0.717) is 17.5 Å². The highest BCUT2D eigenvalue weighted by atomic mass is 127. The first-order valence-corrected chi connectivity index (χ1v) is 7.91. The van der Waals surface area contributed by atoms with Gasteiger partial charge >= 0.3 is 6.01 Å². The van der Waals surface area contributed by atoms with E-state index in [-0.39, 0.29) is 17.6 Å². The molecule has 8 nitrogen and oxygen atoms in total. The fourth-order valence-electron chi connectivity index (χ4n) is 1.65. The van der Waals surface area contributed by atoms with Gasteiger partial charge in [0.25, 0.3) is 5.69 Å². The molecule has 0 aliphatic carbocycles. The number of nitro benzene ring substituents is 1. The second-order valence-electron chi connectivity index (χ2n) is 5.30. The van der Waals surface area contributed by atoms with Crippen LogP contribution in [0.15, 0.2) is 18.2 Å². The number of non-ortho nitro benzene ring substituents is 1. The molecule has 0 aliphatic rings. The van der Waals surface area contributed by atoms with Crippen LogP contribution in [0.4, 0.5) is 11.6 Å². The number of nitrogens with zero attached hydrogens (tertiary/aromatic N) is 5. The highest BCUT2D eigenvalue weighted by molar-refractivity contribution is 14.1. The fraction of sp³-hybridized carbons (Fsp3) is 0.357. The lowest BCUT2D eigenvalue weighted by Gasteiger charge is -2.14. The number of ether oxygens (including phenoxy) is 1. The number of rotatable bonds is 5. The Hall–Kier alpha value is -2.04. The van der Waals surface area contributed by atoms with Crippen LogP contribution in [0.25, 0.3) is 0 Å². The number of benzene rings is 1. The van der Waals surface area contributed by atoms with E-state index >= 15 is 0 Å². The third-order valence-electron chi connectivity index (χ3n) is 2.86. The number of aromatic nitrogens is 3. The Labute approximate surface area is 147 Å². The van der Waals surface area contributed by atoms with Crippen molar-refractivity contribution in [2.75, 3.05) is 19.0 Å². The Morgan fingerprint density at radius 3 is 2.52 bits per heavy atom. The van der Waals surface area contributed by atoms with Crippen LogP contribution in [-0.2, 0) is 0 Å². The van der Waals surface area contributed by atoms with Crippen LogP contribution in [0.5, 0.6) is 11.8 Å². The fourth-order valence-corrected chi connectivity index (χ4v) is 2.09. The number of anilines is 1. The zero-order chi connectivity index (χ0) is 17.1. The molecule has 1 aromatic carbocycles. The molecule has 2 aromatic rings. The van der Waals surface area contributed by atoms with Crippen LogP contribution < -0.4 is 9.64 Å². The molecule has 0 radical (unpaired) electrons. The molecule has 0 spiro atoms. The minimum atomic E-state index is -0.471. The van der Waals surface area contributed by atoms with Crippen LogP contribution in [-0.4, -0.2) is 34.0 Å².